The molecule has 0 heterocycles. The van der Waals surface area contributed by atoms with Gasteiger partial charge in [-0.3, -0.25) is 0 Å². The van der Waals surface area contributed by atoms with Gasteiger partial charge in [-0.15, -0.1) is 0 Å². The molecule has 0 amide bonds. The zero-order valence-electron chi connectivity index (χ0n) is 28.2. The summed E-state index contributed by atoms with van der Waals surface area (Å²) < 4.78 is 11.2. The zero-order chi connectivity index (χ0) is 30.9. The molecule has 4 nitrogen and oxygen atoms in total. The molecule has 4 fully saturated rings. The van der Waals surface area contributed by atoms with Crippen molar-refractivity contribution in [3.05, 3.63) is 29.8 Å². The molecule has 1 aromatic carbocycles. The summed E-state index contributed by atoms with van der Waals surface area (Å²) in [6, 6.07) is 5.07. The molecule has 0 spiro atoms. The molecule has 0 aliphatic heterocycles. The van der Waals surface area contributed by atoms with Crippen molar-refractivity contribution in [3.63, 3.8) is 0 Å². The summed E-state index contributed by atoms with van der Waals surface area (Å²) in [6.07, 6.45) is 19.0. The SMILES string of the molecule is CC[C@H](CC[C@@H](C)[C@H]1CC[C@H]2[C@@H]3CC[C@H]4C[C@H](OC(=O)/C=C\c5ccc(O)c(OC)c5)CC[C@]4(C)[C@H]3CC[C@]12C)C(C)C. The average Bonchev–Trinajstić information content (AvgIpc) is 3.34. The maximum atomic E-state index is 12.8. The van der Waals surface area contributed by atoms with E-state index in [-0.39, 0.29) is 17.8 Å². The van der Waals surface area contributed by atoms with Crippen LogP contribution in [0.2, 0.25) is 0 Å². The number of aromatic hydroxyl groups is 1. The number of fused-ring (bicyclic) bond motifs is 5. The standard InChI is InChI=1S/C39H60O4/c1-8-28(25(2)3)12-9-26(4)32-15-16-33-31-14-13-29-24-30(19-21-38(29,5)34(31)20-22-39(32,33)6)43-37(41)18-11-27-10-17-35(40)36(23-27)42-7/h10-11,17-18,23,25-26,28-34,40H,8-9,12-16,19-22,24H2,1-7H3/b18-11-/t26-,28-,29+,30-,31+,32-,33+,34+,38+,39-/m1/s1. The second kappa shape index (κ2) is 13.2. The van der Waals surface area contributed by atoms with Crippen LogP contribution in [-0.4, -0.2) is 24.3 Å². The molecule has 1 aromatic rings. The number of rotatable bonds is 10. The van der Waals surface area contributed by atoms with Crippen molar-refractivity contribution >= 4 is 12.0 Å². The molecule has 240 valence electrons. The lowest BCUT2D eigenvalue weighted by Crippen LogP contribution is -2.54. The van der Waals surface area contributed by atoms with Gasteiger partial charge in [0.2, 0.25) is 0 Å². The first-order chi connectivity index (χ1) is 20.5. The Kier molecular flexibility index (Phi) is 9.94. The number of benzene rings is 1. The van der Waals surface area contributed by atoms with Crippen LogP contribution < -0.4 is 4.74 Å². The Morgan fingerprint density at radius 1 is 1.00 bits per heavy atom. The van der Waals surface area contributed by atoms with Gasteiger partial charge in [0.1, 0.15) is 6.10 Å². The molecule has 5 rings (SSSR count). The van der Waals surface area contributed by atoms with E-state index in [0.717, 1.165) is 59.8 Å². The second-order valence-electron chi connectivity index (χ2n) is 16.0. The van der Waals surface area contributed by atoms with Gasteiger partial charge in [-0.25, -0.2) is 4.79 Å². The van der Waals surface area contributed by atoms with E-state index in [1.165, 1.54) is 77.4 Å². The lowest BCUT2D eigenvalue weighted by molar-refractivity contribution is -0.157. The number of phenolic OH excluding ortho intramolecular Hbond substituents is 1. The number of methoxy groups -OCH3 is 1. The van der Waals surface area contributed by atoms with E-state index in [4.69, 9.17) is 9.47 Å². The minimum atomic E-state index is -0.271. The van der Waals surface area contributed by atoms with Crippen molar-refractivity contribution in [2.45, 2.75) is 125 Å². The predicted molar refractivity (Wildman–Crippen MR) is 176 cm³/mol. The van der Waals surface area contributed by atoms with Crippen LogP contribution >= 0.6 is 0 Å². The molecule has 4 aliphatic carbocycles. The molecule has 10 atom stereocenters. The highest BCUT2D eigenvalue weighted by Gasteiger charge is 2.60. The van der Waals surface area contributed by atoms with E-state index in [2.05, 4.69) is 41.5 Å². The van der Waals surface area contributed by atoms with Gasteiger partial charge in [-0.1, -0.05) is 60.5 Å². The first-order valence-electron chi connectivity index (χ1n) is 17.8. The van der Waals surface area contributed by atoms with Crippen LogP contribution in [0.5, 0.6) is 11.5 Å². The van der Waals surface area contributed by atoms with Gasteiger partial charge >= 0.3 is 5.97 Å². The Labute approximate surface area is 262 Å². The van der Waals surface area contributed by atoms with Crippen LogP contribution in [0.4, 0.5) is 0 Å². The van der Waals surface area contributed by atoms with E-state index in [1.807, 2.05) is 0 Å². The quantitative estimate of drug-likeness (QED) is 0.217. The van der Waals surface area contributed by atoms with E-state index in [9.17, 15) is 9.90 Å². The fourth-order valence-corrected chi connectivity index (χ4v) is 11.2. The molecule has 0 unspecified atom stereocenters. The summed E-state index contributed by atoms with van der Waals surface area (Å²) >= 11 is 0. The first-order valence-corrected chi connectivity index (χ1v) is 17.8. The summed E-state index contributed by atoms with van der Waals surface area (Å²) in [6.45, 7) is 15.1. The molecule has 4 heteroatoms. The molecule has 0 aromatic heterocycles. The smallest absolute Gasteiger partial charge is 0.331 e. The summed E-state index contributed by atoms with van der Waals surface area (Å²) in [5.41, 5.74) is 1.72. The molecule has 0 saturated heterocycles. The van der Waals surface area contributed by atoms with Crippen molar-refractivity contribution < 1.29 is 19.4 Å². The Balaban J connectivity index is 1.17. The largest absolute Gasteiger partial charge is 0.504 e. The molecular formula is C39H60O4. The van der Waals surface area contributed by atoms with Crippen molar-refractivity contribution in [3.8, 4) is 11.5 Å². The van der Waals surface area contributed by atoms with Gasteiger partial charge in [0, 0.05) is 6.08 Å². The second-order valence-corrected chi connectivity index (χ2v) is 16.0. The van der Waals surface area contributed by atoms with Gasteiger partial charge in [-0.2, -0.15) is 0 Å². The van der Waals surface area contributed by atoms with Crippen LogP contribution in [0.15, 0.2) is 24.3 Å². The highest BCUT2D eigenvalue weighted by Crippen LogP contribution is 2.68. The van der Waals surface area contributed by atoms with Gasteiger partial charge in [0.05, 0.1) is 7.11 Å². The topological polar surface area (TPSA) is 55.8 Å². The maximum Gasteiger partial charge on any atom is 0.331 e. The minimum Gasteiger partial charge on any atom is -0.504 e. The Bertz CT molecular complexity index is 1140. The van der Waals surface area contributed by atoms with E-state index in [0.29, 0.717) is 22.5 Å². The van der Waals surface area contributed by atoms with E-state index in [1.54, 1.807) is 24.3 Å². The van der Waals surface area contributed by atoms with Crippen molar-refractivity contribution in [1.29, 1.82) is 0 Å². The number of esters is 1. The molecular weight excluding hydrogens is 532 g/mol. The van der Waals surface area contributed by atoms with Gasteiger partial charge < -0.3 is 14.6 Å². The summed E-state index contributed by atoms with van der Waals surface area (Å²) in [5.74, 6) is 6.95. The van der Waals surface area contributed by atoms with Crippen LogP contribution in [-0.2, 0) is 9.53 Å². The van der Waals surface area contributed by atoms with E-state index >= 15 is 0 Å². The van der Waals surface area contributed by atoms with Crippen LogP contribution in [0.25, 0.3) is 6.08 Å². The van der Waals surface area contributed by atoms with Gasteiger partial charge in [-0.05, 0) is 146 Å². The lowest BCUT2D eigenvalue weighted by Gasteiger charge is -2.61. The van der Waals surface area contributed by atoms with Crippen molar-refractivity contribution in [1.82, 2.24) is 0 Å². The van der Waals surface area contributed by atoms with E-state index < -0.39 is 0 Å². The number of hydrogen-bond donors (Lipinski definition) is 1. The van der Waals surface area contributed by atoms with Gasteiger partial charge in [0.15, 0.2) is 11.5 Å². The van der Waals surface area contributed by atoms with Crippen molar-refractivity contribution in [2.75, 3.05) is 7.11 Å². The molecule has 0 radical (unpaired) electrons. The van der Waals surface area contributed by atoms with Crippen LogP contribution in [0.3, 0.4) is 0 Å². The van der Waals surface area contributed by atoms with Gasteiger partial charge in [0.25, 0.3) is 0 Å². The number of carbonyl (C=O) groups excluding carboxylic acids is 1. The Morgan fingerprint density at radius 2 is 1.74 bits per heavy atom. The highest BCUT2D eigenvalue weighted by molar-refractivity contribution is 5.87. The van der Waals surface area contributed by atoms with Crippen molar-refractivity contribution in [2.24, 2.45) is 58.2 Å². The monoisotopic (exact) mass is 592 g/mol. The summed E-state index contributed by atoms with van der Waals surface area (Å²) in [4.78, 5) is 12.8. The first kappa shape index (κ1) is 32.4. The molecule has 4 saturated carbocycles. The Hall–Kier alpha value is -1.97. The lowest BCUT2D eigenvalue weighted by atomic mass is 9.44. The normalized spacial score (nSPS) is 36.9. The zero-order valence-corrected chi connectivity index (χ0v) is 28.2. The third-order valence-corrected chi connectivity index (χ3v) is 13.7. The number of ether oxygens (including phenoxy) is 2. The van der Waals surface area contributed by atoms with Crippen LogP contribution in [0, 0.1) is 58.2 Å². The third kappa shape index (κ3) is 6.41. The summed E-state index contributed by atoms with van der Waals surface area (Å²) in [5, 5.41) is 9.83. The molecule has 43 heavy (non-hydrogen) atoms. The minimum absolute atomic E-state index is 0.0180. The fraction of sp³-hybridized carbons (Fsp3) is 0.769. The number of carbonyl (C=O) groups is 1. The maximum absolute atomic E-state index is 12.8. The Morgan fingerprint density at radius 3 is 2.47 bits per heavy atom. The summed E-state index contributed by atoms with van der Waals surface area (Å²) in [7, 11) is 1.52. The highest BCUT2D eigenvalue weighted by atomic mass is 16.5. The third-order valence-electron chi connectivity index (χ3n) is 13.7. The molecule has 1 N–H and O–H groups in total. The molecule has 0 bridgehead atoms. The average molecular weight is 593 g/mol. The number of hydrogen-bond acceptors (Lipinski definition) is 4. The fourth-order valence-electron chi connectivity index (χ4n) is 11.2. The van der Waals surface area contributed by atoms with Crippen LogP contribution in [0.1, 0.15) is 124 Å². The number of phenols is 1. The predicted octanol–water partition coefficient (Wildman–Crippen LogP) is 10.1. The molecule has 4 aliphatic rings.